The Balaban J connectivity index is 1.98. The predicted octanol–water partition coefficient (Wildman–Crippen LogP) is 1.51. The summed E-state index contributed by atoms with van der Waals surface area (Å²) in [7, 11) is 3.93. The first kappa shape index (κ1) is 13.1. The molecule has 0 aliphatic heterocycles. The van der Waals surface area contributed by atoms with Gasteiger partial charge in [0, 0.05) is 32.9 Å². The molecule has 0 bridgehead atoms. The average molecular weight is 250 g/mol. The van der Waals surface area contributed by atoms with Crippen LogP contribution < -0.4 is 10.2 Å². The Bertz CT molecular complexity index is 383. The summed E-state index contributed by atoms with van der Waals surface area (Å²) in [5.41, 5.74) is 0. The van der Waals surface area contributed by atoms with Gasteiger partial charge in [0.15, 0.2) is 0 Å². The van der Waals surface area contributed by atoms with Gasteiger partial charge in [0.1, 0.15) is 5.82 Å². The molecule has 1 aromatic heterocycles. The number of hydrogen-bond acceptors (Lipinski definition) is 5. The molecule has 0 saturated heterocycles. The highest BCUT2D eigenvalue weighted by Gasteiger charge is 2.21. The molecule has 1 heterocycles. The van der Waals surface area contributed by atoms with Gasteiger partial charge in [-0.1, -0.05) is 6.42 Å². The van der Waals surface area contributed by atoms with Crippen molar-refractivity contribution in [2.75, 3.05) is 30.9 Å². The van der Waals surface area contributed by atoms with Crippen LogP contribution in [0.2, 0.25) is 0 Å². The van der Waals surface area contributed by atoms with E-state index >= 15 is 0 Å². The van der Waals surface area contributed by atoms with Crippen LogP contribution in [-0.4, -0.2) is 41.8 Å². The second-order valence-electron chi connectivity index (χ2n) is 5.19. The summed E-state index contributed by atoms with van der Waals surface area (Å²) < 4.78 is 0. The van der Waals surface area contributed by atoms with E-state index in [-0.39, 0.29) is 6.61 Å². The number of aromatic nitrogens is 2. The highest BCUT2D eigenvalue weighted by molar-refractivity contribution is 5.41. The lowest BCUT2D eigenvalue weighted by atomic mass is 9.86. The second kappa shape index (κ2) is 6.00. The van der Waals surface area contributed by atoms with Crippen molar-refractivity contribution in [2.45, 2.75) is 31.7 Å². The SMILES string of the molecule is CN(C)c1ccnc(N[C@H]2CCC[C@@H](CO)C2)n1. The molecule has 5 nitrogen and oxygen atoms in total. The maximum atomic E-state index is 9.23. The Morgan fingerprint density at radius 3 is 3.00 bits per heavy atom. The molecule has 1 aliphatic carbocycles. The van der Waals surface area contributed by atoms with Crippen LogP contribution in [0.5, 0.6) is 0 Å². The van der Waals surface area contributed by atoms with Crippen molar-refractivity contribution in [1.29, 1.82) is 0 Å². The fraction of sp³-hybridized carbons (Fsp3) is 0.692. The summed E-state index contributed by atoms with van der Waals surface area (Å²) in [6.45, 7) is 0.288. The molecular weight excluding hydrogens is 228 g/mol. The number of aliphatic hydroxyl groups excluding tert-OH is 1. The van der Waals surface area contributed by atoms with Crippen molar-refractivity contribution in [3.05, 3.63) is 12.3 Å². The third-order valence-electron chi connectivity index (χ3n) is 3.47. The molecule has 1 aromatic rings. The molecular formula is C13H22N4O. The molecule has 0 radical (unpaired) electrons. The maximum absolute atomic E-state index is 9.23. The topological polar surface area (TPSA) is 61.3 Å². The number of aliphatic hydroxyl groups is 1. The van der Waals surface area contributed by atoms with Crippen molar-refractivity contribution in [2.24, 2.45) is 5.92 Å². The highest BCUT2D eigenvalue weighted by Crippen LogP contribution is 2.25. The lowest BCUT2D eigenvalue weighted by molar-refractivity contribution is 0.184. The smallest absolute Gasteiger partial charge is 0.224 e. The van der Waals surface area contributed by atoms with Gasteiger partial charge in [-0.15, -0.1) is 0 Å². The second-order valence-corrected chi connectivity index (χ2v) is 5.19. The van der Waals surface area contributed by atoms with Crippen LogP contribution in [0, 0.1) is 5.92 Å². The first-order chi connectivity index (χ1) is 8.69. The highest BCUT2D eigenvalue weighted by atomic mass is 16.3. The van der Waals surface area contributed by atoms with Crippen molar-refractivity contribution < 1.29 is 5.11 Å². The van der Waals surface area contributed by atoms with Gasteiger partial charge in [-0.05, 0) is 31.2 Å². The monoisotopic (exact) mass is 250 g/mol. The first-order valence-electron chi connectivity index (χ1n) is 6.57. The van der Waals surface area contributed by atoms with Gasteiger partial charge < -0.3 is 15.3 Å². The normalized spacial score (nSPS) is 23.7. The van der Waals surface area contributed by atoms with Gasteiger partial charge in [-0.25, -0.2) is 4.98 Å². The van der Waals surface area contributed by atoms with Gasteiger partial charge in [0.2, 0.25) is 5.95 Å². The van der Waals surface area contributed by atoms with E-state index in [0.717, 1.165) is 31.5 Å². The first-order valence-corrected chi connectivity index (χ1v) is 6.57. The molecule has 2 atom stereocenters. The maximum Gasteiger partial charge on any atom is 0.224 e. The van der Waals surface area contributed by atoms with Crippen molar-refractivity contribution in [3.63, 3.8) is 0 Å². The number of nitrogens with one attached hydrogen (secondary N) is 1. The lowest BCUT2D eigenvalue weighted by Gasteiger charge is -2.28. The minimum atomic E-state index is 0.288. The van der Waals surface area contributed by atoms with Crippen molar-refractivity contribution in [1.82, 2.24) is 9.97 Å². The van der Waals surface area contributed by atoms with Crippen LogP contribution in [-0.2, 0) is 0 Å². The van der Waals surface area contributed by atoms with Gasteiger partial charge in [-0.2, -0.15) is 4.98 Å². The Morgan fingerprint density at radius 1 is 1.44 bits per heavy atom. The fourth-order valence-corrected chi connectivity index (χ4v) is 2.44. The molecule has 18 heavy (non-hydrogen) atoms. The van der Waals surface area contributed by atoms with E-state index in [1.807, 2.05) is 25.1 Å². The van der Waals surface area contributed by atoms with E-state index < -0.39 is 0 Å². The third kappa shape index (κ3) is 3.32. The summed E-state index contributed by atoms with van der Waals surface area (Å²) in [5.74, 6) is 2.01. The molecule has 5 heteroatoms. The van der Waals surface area contributed by atoms with Crippen LogP contribution in [0.25, 0.3) is 0 Å². The quantitative estimate of drug-likeness (QED) is 0.848. The van der Waals surface area contributed by atoms with Gasteiger partial charge in [-0.3, -0.25) is 0 Å². The van der Waals surface area contributed by atoms with E-state index in [1.165, 1.54) is 0 Å². The molecule has 2 N–H and O–H groups in total. The van der Waals surface area contributed by atoms with Gasteiger partial charge in [0.25, 0.3) is 0 Å². The van der Waals surface area contributed by atoms with Crippen molar-refractivity contribution >= 4 is 11.8 Å². The largest absolute Gasteiger partial charge is 0.396 e. The minimum absolute atomic E-state index is 0.288. The van der Waals surface area contributed by atoms with Crippen LogP contribution in [0.1, 0.15) is 25.7 Å². The number of rotatable bonds is 4. The van der Waals surface area contributed by atoms with E-state index in [4.69, 9.17) is 0 Å². The van der Waals surface area contributed by atoms with Crippen LogP contribution in [0.3, 0.4) is 0 Å². The Morgan fingerprint density at radius 2 is 2.28 bits per heavy atom. The number of nitrogens with zero attached hydrogens (tertiary/aromatic N) is 3. The molecule has 0 amide bonds. The van der Waals surface area contributed by atoms with Crippen LogP contribution in [0.15, 0.2) is 12.3 Å². The lowest BCUT2D eigenvalue weighted by Crippen LogP contribution is -2.29. The standard InChI is InChI=1S/C13H22N4O/c1-17(2)12-6-7-14-13(16-12)15-11-5-3-4-10(8-11)9-18/h6-7,10-11,18H,3-5,8-9H2,1-2H3,(H,14,15,16)/t10-,11+/m1/s1. The molecule has 100 valence electrons. The fourth-order valence-electron chi connectivity index (χ4n) is 2.44. The van der Waals surface area contributed by atoms with E-state index in [0.29, 0.717) is 17.9 Å². The predicted molar refractivity (Wildman–Crippen MR) is 72.8 cm³/mol. The molecule has 1 fully saturated rings. The zero-order valence-electron chi connectivity index (χ0n) is 11.1. The molecule has 1 saturated carbocycles. The van der Waals surface area contributed by atoms with Gasteiger partial charge >= 0.3 is 0 Å². The summed E-state index contributed by atoms with van der Waals surface area (Å²) in [6.07, 6.45) is 6.21. The molecule has 0 unspecified atom stereocenters. The summed E-state index contributed by atoms with van der Waals surface area (Å²) in [6, 6.07) is 2.27. The summed E-state index contributed by atoms with van der Waals surface area (Å²) in [4.78, 5) is 10.7. The zero-order valence-corrected chi connectivity index (χ0v) is 11.1. The molecule has 0 spiro atoms. The minimum Gasteiger partial charge on any atom is -0.396 e. The molecule has 1 aliphatic rings. The van der Waals surface area contributed by atoms with Gasteiger partial charge in [0.05, 0.1) is 0 Å². The molecule has 2 rings (SSSR count). The van der Waals surface area contributed by atoms with Crippen LogP contribution in [0.4, 0.5) is 11.8 Å². The Labute approximate surface area is 108 Å². The number of anilines is 2. The van der Waals surface area contributed by atoms with Crippen LogP contribution >= 0.6 is 0 Å². The number of hydrogen-bond donors (Lipinski definition) is 2. The van der Waals surface area contributed by atoms with Crippen molar-refractivity contribution in [3.8, 4) is 0 Å². The van der Waals surface area contributed by atoms with E-state index in [2.05, 4.69) is 15.3 Å². The van der Waals surface area contributed by atoms with E-state index in [9.17, 15) is 5.11 Å². The Kier molecular flexibility index (Phi) is 4.36. The zero-order chi connectivity index (χ0) is 13.0. The summed E-state index contributed by atoms with van der Waals surface area (Å²) in [5, 5.41) is 12.6. The molecule has 0 aromatic carbocycles. The third-order valence-corrected chi connectivity index (χ3v) is 3.47. The average Bonchev–Trinajstić information content (AvgIpc) is 2.39. The Hall–Kier alpha value is -1.36. The summed E-state index contributed by atoms with van der Waals surface area (Å²) >= 11 is 0. The van der Waals surface area contributed by atoms with E-state index in [1.54, 1.807) is 6.20 Å².